The van der Waals surface area contributed by atoms with Crippen LogP contribution in [0.15, 0.2) is 47.5 Å². The Morgan fingerprint density at radius 1 is 1.19 bits per heavy atom. The van der Waals surface area contributed by atoms with Crippen molar-refractivity contribution >= 4 is 18.3 Å². The number of carbonyl (C=O) groups excluding carboxylic acids is 1. The van der Waals surface area contributed by atoms with E-state index in [-0.39, 0.29) is 0 Å². The lowest BCUT2D eigenvalue weighted by Crippen LogP contribution is -2.12. The van der Waals surface area contributed by atoms with E-state index in [0.717, 1.165) is 40.3 Å². The standard InChI is InChI=1S/C19H21N3O.C2H7N/c1-4-19(21-9-8-20-13-23)17-7-5-6-16(12-17)18-10-14(2)22-15(3)11-18;1-2-3/h4-7,9-13H,8H2,1-3H3,(H,20,23);2-3H2,1H3/b19-4-,21-9?;. The van der Waals surface area contributed by atoms with E-state index in [1.165, 1.54) is 0 Å². The topological polar surface area (TPSA) is 80.4 Å². The molecule has 0 bridgehead atoms. The molecule has 0 atom stereocenters. The van der Waals surface area contributed by atoms with Gasteiger partial charge in [0.25, 0.3) is 0 Å². The third kappa shape index (κ3) is 6.99. The van der Waals surface area contributed by atoms with Gasteiger partial charge in [0.05, 0.1) is 12.2 Å². The van der Waals surface area contributed by atoms with Crippen LogP contribution in [0.3, 0.4) is 0 Å². The van der Waals surface area contributed by atoms with E-state index in [1.807, 2.05) is 45.9 Å². The second-order valence-corrected chi connectivity index (χ2v) is 5.64. The summed E-state index contributed by atoms with van der Waals surface area (Å²) in [6, 6.07) is 12.4. The normalized spacial score (nSPS) is 11.0. The van der Waals surface area contributed by atoms with Crippen molar-refractivity contribution in [3.63, 3.8) is 0 Å². The van der Waals surface area contributed by atoms with Crippen LogP contribution in [0.1, 0.15) is 30.8 Å². The molecule has 0 saturated carbocycles. The Bertz CT molecular complexity index is 746. The molecule has 0 aliphatic heterocycles. The van der Waals surface area contributed by atoms with Gasteiger partial charge in [-0.25, -0.2) is 0 Å². The van der Waals surface area contributed by atoms with E-state index in [9.17, 15) is 4.79 Å². The summed E-state index contributed by atoms with van der Waals surface area (Å²) in [5.41, 5.74) is 11.1. The Hall–Kier alpha value is -2.79. The predicted molar refractivity (Wildman–Crippen MR) is 110 cm³/mol. The smallest absolute Gasteiger partial charge is 0.207 e. The fourth-order valence-electron chi connectivity index (χ4n) is 2.42. The Morgan fingerprint density at radius 3 is 2.42 bits per heavy atom. The Balaban J connectivity index is 0.00000105. The molecule has 0 fully saturated rings. The lowest BCUT2D eigenvalue weighted by molar-refractivity contribution is -0.109. The number of aliphatic imine (C=N–C) groups is 1. The van der Waals surface area contributed by atoms with Gasteiger partial charge >= 0.3 is 0 Å². The number of benzene rings is 1. The second-order valence-electron chi connectivity index (χ2n) is 5.64. The SMILES string of the molecule is C/C=C(\N=CCNC=O)c1cccc(-c2cc(C)nc(C)c2)c1.CCN. The van der Waals surface area contributed by atoms with E-state index >= 15 is 0 Å². The summed E-state index contributed by atoms with van der Waals surface area (Å²) >= 11 is 0. The fraction of sp³-hybridized carbons (Fsp3) is 0.286. The molecule has 1 aromatic heterocycles. The fourth-order valence-corrected chi connectivity index (χ4v) is 2.42. The molecule has 138 valence electrons. The molecule has 0 aliphatic carbocycles. The molecule has 2 rings (SSSR count). The van der Waals surface area contributed by atoms with Crippen molar-refractivity contribution in [1.29, 1.82) is 0 Å². The van der Waals surface area contributed by atoms with Gasteiger partial charge < -0.3 is 11.1 Å². The van der Waals surface area contributed by atoms with Crippen molar-refractivity contribution in [2.75, 3.05) is 13.1 Å². The number of rotatable bonds is 6. The maximum absolute atomic E-state index is 10.3. The molecule has 0 radical (unpaired) electrons. The molecular weight excluding hydrogens is 324 g/mol. The number of nitrogens with one attached hydrogen (secondary N) is 1. The van der Waals surface area contributed by atoms with Crippen molar-refractivity contribution in [2.45, 2.75) is 27.7 Å². The highest BCUT2D eigenvalue weighted by Crippen LogP contribution is 2.25. The number of nitrogens with zero attached hydrogens (tertiary/aromatic N) is 2. The highest BCUT2D eigenvalue weighted by Gasteiger charge is 2.04. The Labute approximate surface area is 156 Å². The van der Waals surface area contributed by atoms with Gasteiger partial charge in [0.1, 0.15) is 0 Å². The summed E-state index contributed by atoms with van der Waals surface area (Å²) in [4.78, 5) is 19.1. The quantitative estimate of drug-likeness (QED) is 0.474. The minimum Gasteiger partial charge on any atom is -0.354 e. The maximum atomic E-state index is 10.3. The molecular formula is C21H28N4O. The van der Waals surface area contributed by atoms with Gasteiger partial charge in [-0.05, 0) is 56.6 Å². The van der Waals surface area contributed by atoms with Crippen LogP contribution in [0.25, 0.3) is 16.8 Å². The minimum atomic E-state index is 0.420. The van der Waals surface area contributed by atoms with Gasteiger partial charge in [0.15, 0.2) is 0 Å². The molecule has 0 saturated heterocycles. The van der Waals surface area contributed by atoms with Crippen molar-refractivity contribution in [3.05, 3.63) is 59.4 Å². The first-order chi connectivity index (χ1) is 12.5. The summed E-state index contributed by atoms with van der Waals surface area (Å²) in [6.45, 7) is 9.03. The molecule has 1 amide bonds. The summed E-state index contributed by atoms with van der Waals surface area (Å²) in [6.07, 6.45) is 4.31. The Morgan fingerprint density at radius 2 is 1.85 bits per heavy atom. The monoisotopic (exact) mass is 352 g/mol. The van der Waals surface area contributed by atoms with E-state index in [2.05, 4.69) is 39.6 Å². The summed E-state index contributed by atoms with van der Waals surface area (Å²) in [7, 11) is 0. The van der Waals surface area contributed by atoms with Crippen LogP contribution in [0, 0.1) is 13.8 Å². The highest BCUT2D eigenvalue weighted by atomic mass is 16.1. The van der Waals surface area contributed by atoms with Crippen molar-refractivity contribution in [2.24, 2.45) is 10.7 Å². The lowest BCUT2D eigenvalue weighted by atomic mass is 10.0. The van der Waals surface area contributed by atoms with Gasteiger partial charge in [-0.1, -0.05) is 31.2 Å². The van der Waals surface area contributed by atoms with Crippen LogP contribution in [0.2, 0.25) is 0 Å². The number of hydrogen-bond acceptors (Lipinski definition) is 4. The van der Waals surface area contributed by atoms with Gasteiger partial charge in [-0.3, -0.25) is 14.8 Å². The maximum Gasteiger partial charge on any atom is 0.207 e. The molecule has 2 aromatic rings. The molecule has 0 spiro atoms. The number of nitrogens with two attached hydrogens (primary N) is 1. The van der Waals surface area contributed by atoms with Crippen molar-refractivity contribution in [1.82, 2.24) is 10.3 Å². The number of amides is 1. The molecule has 26 heavy (non-hydrogen) atoms. The molecule has 1 aromatic carbocycles. The zero-order valence-electron chi connectivity index (χ0n) is 16.0. The summed E-state index contributed by atoms with van der Waals surface area (Å²) < 4.78 is 0. The zero-order valence-corrected chi connectivity index (χ0v) is 16.0. The van der Waals surface area contributed by atoms with Crippen molar-refractivity contribution in [3.8, 4) is 11.1 Å². The van der Waals surface area contributed by atoms with Crippen LogP contribution in [-0.2, 0) is 4.79 Å². The minimum absolute atomic E-state index is 0.420. The molecule has 0 unspecified atom stereocenters. The average molecular weight is 352 g/mol. The van der Waals surface area contributed by atoms with Crippen LogP contribution >= 0.6 is 0 Å². The number of pyridine rings is 1. The molecule has 0 aliphatic rings. The number of aromatic nitrogens is 1. The average Bonchev–Trinajstić information content (AvgIpc) is 2.62. The first kappa shape index (κ1) is 21.3. The number of hydrogen-bond donors (Lipinski definition) is 2. The van der Waals surface area contributed by atoms with Crippen LogP contribution in [0.4, 0.5) is 0 Å². The highest BCUT2D eigenvalue weighted by molar-refractivity contribution is 5.78. The second kappa shape index (κ2) is 11.7. The largest absolute Gasteiger partial charge is 0.354 e. The number of allylic oxidation sites excluding steroid dienone is 1. The zero-order chi connectivity index (χ0) is 19.4. The third-order valence-corrected chi connectivity index (χ3v) is 3.37. The van der Waals surface area contributed by atoms with E-state index in [0.29, 0.717) is 13.0 Å². The molecule has 1 heterocycles. The van der Waals surface area contributed by atoms with Gasteiger partial charge in [0.2, 0.25) is 6.41 Å². The lowest BCUT2D eigenvalue weighted by Gasteiger charge is -2.08. The summed E-state index contributed by atoms with van der Waals surface area (Å²) in [5.74, 6) is 0. The predicted octanol–water partition coefficient (Wildman–Crippen LogP) is 3.51. The van der Waals surface area contributed by atoms with Gasteiger partial charge in [0, 0.05) is 23.2 Å². The number of aryl methyl sites for hydroxylation is 2. The van der Waals surface area contributed by atoms with E-state index in [1.54, 1.807) is 6.21 Å². The molecule has 5 nitrogen and oxygen atoms in total. The van der Waals surface area contributed by atoms with Crippen LogP contribution in [0.5, 0.6) is 0 Å². The first-order valence-electron chi connectivity index (χ1n) is 8.67. The van der Waals surface area contributed by atoms with Gasteiger partial charge in [-0.15, -0.1) is 0 Å². The van der Waals surface area contributed by atoms with Crippen LogP contribution < -0.4 is 11.1 Å². The van der Waals surface area contributed by atoms with E-state index < -0.39 is 0 Å². The molecule has 3 N–H and O–H groups in total. The third-order valence-electron chi connectivity index (χ3n) is 3.37. The number of carbonyl (C=O) groups is 1. The first-order valence-corrected chi connectivity index (χ1v) is 8.67. The Kier molecular flexibility index (Phi) is 9.57. The van der Waals surface area contributed by atoms with Crippen LogP contribution in [-0.4, -0.2) is 30.7 Å². The molecule has 5 heteroatoms. The van der Waals surface area contributed by atoms with Gasteiger partial charge in [-0.2, -0.15) is 0 Å². The summed E-state index contributed by atoms with van der Waals surface area (Å²) in [5, 5.41) is 2.56. The van der Waals surface area contributed by atoms with E-state index in [4.69, 9.17) is 5.73 Å². The van der Waals surface area contributed by atoms with Crippen molar-refractivity contribution < 1.29 is 4.79 Å².